The Bertz CT molecular complexity index is 384. The lowest BCUT2D eigenvalue weighted by Gasteiger charge is -2.05. The van der Waals surface area contributed by atoms with Crippen molar-refractivity contribution in [3.8, 4) is 0 Å². The van der Waals surface area contributed by atoms with E-state index in [2.05, 4.69) is 54.9 Å². The van der Waals surface area contributed by atoms with Crippen LogP contribution in [0.15, 0.2) is 22.7 Å². The van der Waals surface area contributed by atoms with Gasteiger partial charge in [0.25, 0.3) is 0 Å². The molecule has 2 heteroatoms. The van der Waals surface area contributed by atoms with Crippen LogP contribution < -0.4 is 5.73 Å². The Morgan fingerprint density at radius 1 is 1.40 bits per heavy atom. The maximum atomic E-state index is 5.80. The molecule has 1 fully saturated rings. The molecule has 82 valence electrons. The SMILES string of the molecule is Cc1cc([C@@H]2[C@@H](CN)C2(C)C)ccc1Br. The van der Waals surface area contributed by atoms with Crippen molar-refractivity contribution in [1.29, 1.82) is 0 Å². The third-order valence-corrected chi connectivity index (χ3v) is 4.74. The van der Waals surface area contributed by atoms with Crippen LogP contribution in [0.25, 0.3) is 0 Å². The Kier molecular flexibility index (Phi) is 2.68. The van der Waals surface area contributed by atoms with E-state index in [1.165, 1.54) is 15.6 Å². The monoisotopic (exact) mass is 267 g/mol. The summed E-state index contributed by atoms with van der Waals surface area (Å²) in [6, 6.07) is 6.65. The number of hydrogen-bond donors (Lipinski definition) is 1. The van der Waals surface area contributed by atoms with Crippen molar-refractivity contribution < 1.29 is 0 Å². The second kappa shape index (κ2) is 3.60. The number of nitrogens with two attached hydrogens (primary N) is 1. The third kappa shape index (κ3) is 1.74. The zero-order chi connectivity index (χ0) is 11.2. The predicted molar refractivity (Wildman–Crippen MR) is 67.9 cm³/mol. The molecule has 0 amide bonds. The van der Waals surface area contributed by atoms with Gasteiger partial charge in [0.15, 0.2) is 0 Å². The highest BCUT2D eigenvalue weighted by molar-refractivity contribution is 9.10. The van der Waals surface area contributed by atoms with E-state index in [4.69, 9.17) is 5.73 Å². The van der Waals surface area contributed by atoms with Gasteiger partial charge in [-0.05, 0) is 47.9 Å². The average Bonchev–Trinajstić information content (AvgIpc) is 2.73. The molecule has 0 radical (unpaired) electrons. The van der Waals surface area contributed by atoms with Gasteiger partial charge in [-0.3, -0.25) is 0 Å². The van der Waals surface area contributed by atoms with Gasteiger partial charge in [-0.15, -0.1) is 0 Å². The molecule has 0 bridgehead atoms. The Morgan fingerprint density at radius 3 is 2.53 bits per heavy atom. The molecule has 1 nitrogen and oxygen atoms in total. The van der Waals surface area contributed by atoms with Crippen molar-refractivity contribution in [3.63, 3.8) is 0 Å². The highest BCUT2D eigenvalue weighted by atomic mass is 79.9. The van der Waals surface area contributed by atoms with Gasteiger partial charge < -0.3 is 5.73 Å². The van der Waals surface area contributed by atoms with Crippen LogP contribution >= 0.6 is 15.9 Å². The van der Waals surface area contributed by atoms with E-state index in [1.54, 1.807) is 0 Å². The highest BCUT2D eigenvalue weighted by Crippen LogP contribution is 2.63. The van der Waals surface area contributed by atoms with Crippen molar-refractivity contribution in [2.24, 2.45) is 17.1 Å². The van der Waals surface area contributed by atoms with Gasteiger partial charge >= 0.3 is 0 Å². The number of hydrogen-bond acceptors (Lipinski definition) is 1. The smallest absolute Gasteiger partial charge is 0.0204 e. The first kappa shape index (κ1) is 11.2. The minimum Gasteiger partial charge on any atom is -0.330 e. The van der Waals surface area contributed by atoms with E-state index in [-0.39, 0.29) is 0 Å². The molecule has 1 aliphatic carbocycles. The summed E-state index contributed by atoms with van der Waals surface area (Å²) in [6.45, 7) is 7.56. The van der Waals surface area contributed by atoms with Crippen LogP contribution in [0, 0.1) is 18.3 Å². The lowest BCUT2D eigenvalue weighted by Crippen LogP contribution is -2.05. The van der Waals surface area contributed by atoms with Crippen molar-refractivity contribution in [3.05, 3.63) is 33.8 Å². The summed E-state index contributed by atoms with van der Waals surface area (Å²) in [7, 11) is 0. The number of benzene rings is 1. The van der Waals surface area contributed by atoms with E-state index in [0.717, 1.165) is 6.54 Å². The molecule has 1 saturated carbocycles. The van der Waals surface area contributed by atoms with Crippen LogP contribution in [0.5, 0.6) is 0 Å². The molecular weight excluding hydrogens is 250 g/mol. The number of rotatable bonds is 2. The van der Waals surface area contributed by atoms with Gasteiger partial charge in [-0.1, -0.05) is 41.9 Å². The Hall–Kier alpha value is -0.340. The van der Waals surface area contributed by atoms with E-state index in [9.17, 15) is 0 Å². The molecule has 0 aromatic heterocycles. The molecule has 2 rings (SSSR count). The molecule has 2 atom stereocenters. The number of aryl methyl sites for hydroxylation is 1. The molecule has 0 unspecified atom stereocenters. The summed E-state index contributed by atoms with van der Waals surface area (Å²) >= 11 is 3.53. The van der Waals surface area contributed by atoms with Crippen LogP contribution in [0.3, 0.4) is 0 Å². The zero-order valence-electron chi connectivity index (χ0n) is 9.55. The summed E-state index contributed by atoms with van der Waals surface area (Å²) in [5.41, 5.74) is 8.93. The third-order valence-electron chi connectivity index (χ3n) is 3.85. The van der Waals surface area contributed by atoms with Crippen molar-refractivity contribution >= 4 is 15.9 Å². The quantitative estimate of drug-likeness (QED) is 0.873. The molecule has 1 aromatic rings. The predicted octanol–water partition coefficient (Wildman–Crippen LogP) is 3.46. The second-order valence-corrected chi connectivity index (χ2v) is 6.00. The van der Waals surface area contributed by atoms with Crippen LogP contribution in [0.2, 0.25) is 0 Å². The van der Waals surface area contributed by atoms with E-state index < -0.39 is 0 Å². The van der Waals surface area contributed by atoms with Crippen LogP contribution in [-0.2, 0) is 0 Å². The largest absolute Gasteiger partial charge is 0.330 e. The van der Waals surface area contributed by atoms with Crippen molar-refractivity contribution in [1.82, 2.24) is 0 Å². The summed E-state index contributed by atoms with van der Waals surface area (Å²) < 4.78 is 1.19. The Balaban J connectivity index is 2.29. The molecule has 0 heterocycles. The molecule has 15 heavy (non-hydrogen) atoms. The fourth-order valence-electron chi connectivity index (χ4n) is 2.71. The molecule has 0 aliphatic heterocycles. The van der Waals surface area contributed by atoms with Gasteiger partial charge in [0, 0.05) is 4.47 Å². The first-order valence-corrected chi connectivity index (χ1v) is 6.24. The summed E-state index contributed by atoms with van der Waals surface area (Å²) in [5.74, 6) is 1.30. The summed E-state index contributed by atoms with van der Waals surface area (Å²) in [5, 5.41) is 0. The van der Waals surface area contributed by atoms with Gasteiger partial charge in [0.05, 0.1) is 0 Å². The zero-order valence-corrected chi connectivity index (χ0v) is 11.1. The molecular formula is C13H18BrN. The highest BCUT2D eigenvalue weighted by Gasteiger charge is 2.57. The van der Waals surface area contributed by atoms with Crippen LogP contribution in [-0.4, -0.2) is 6.54 Å². The van der Waals surface area contributed by atoms with E-state index in [0.29, 0.717) is 17.3 Å². The Labute approximate surface area is 100 Å². The van der Waals surface area contributed by atoms with Crippen LogP contribution in [0.1, 0.15) is 30.9 Å². The first-order valence-electron chi connectivity index (χ1n) is 5.44. The van der Waals surface area contributed by atoms with Gasteiger partial charge in [0.1, 0.15) is 0 Å². The minimum absolute atomic E-state index is 0.384. The van der Waals surface area contributed by atoms with Crippen LogP contribution in [0.4, 0.5) is 0 Å². The van der Waals surface area contributed by atoms with Gasteiger partial charge in [0.2, 0.25) is 0 Å². The maximum absolute atomic E-state index is 5.80. The molecule has 1 aliphatic rings. The standard InChI is InChI=1S/C13H18BrN/c1-8-6-9(4-5-11(8)14)12-10(7-15)13(12,2)3/h4-6,10,12H,7,15H2,1-3H3/t10-,12-/m1/s1. The Morgan fingerprint density at radius 2 is 2.07 bits per heavy atom. The molecule has 1 aromatic carbocycles. The lowest BCUT2D eigenvalue weighted by molar-refractivity contribution is 0.558. The minimum atomic E-state index is 0.384. The molecule has 0 saturated heterocycles. The lowest BCUT2D eigenvalue weighted by atomic mass is 10.0. The van der Waals surface area contributed by atoms with E-state index >= 15 is 0 Å². The van der Waals surface area contributed by atoms with Crippen molar-refractivity contribution in [2.45, 2.75) is 26.7 Å². The molecule has 0 spiro atoms. The fraction of sp³-hybridized carbons (Fsp3) is 0.538. The van der Waals surface area contributed by atoms with Gasteiger partial charge in [-0.25, -0.2) is 0 Å². The number of halogens is 1. The first-order chi connectivity index (χ1) is 6.98. The fourth-order valence-corrected chi connectivity index (χ4v) is 2.95. The summed E-state index contributed by atoms with van der Waals surface area (Å²) in [4.78, 5) is 0. The van der Waals surface area contributed by atoms with Crippen molar-refractivity contribution in [2.75, 3.05) is 6.54 Å². The van der Waals surface area contributed by atoms with Gasteiger partial charge in [-0.2, -0.15) is 0 Å². The summed E-state index contributed by atoms with van der Waals surface area (Å²) in [6.07, 6.45) is 0. The molecule has 2 N–H and O–H groups in total. The maximum Gasteiger partial charge on any atom is 0.0204 e. The van der Waals surface area contributed by atoms with E-state index in [1.807, 2.05) is 0 Å². The normalized spacial score (nSPS) is 27.8. The second-order valence-electron chi connectivity index (χ2n) is 5.15. The average molecular weight is 268 g/mol. The topological polar surface area (TPSA) is 26.0 Å².